The van der Waals surface area contributed by atoms with Crippen molar-refractivity contribution in [1.82, 2.24) is 4.90 Å². The van der Waals surface area contributed by atoms with Crippen molar-refractivity contribution in [2.24, 2.45) is 0 Å². The molecule has 4 nitrogen and oxygen atoms in total. The number of hydrogen-bond donors (Lipinski definition) is 1. The van der Waals surface area contributed by atoms with Gasteiger partial charge < -0.3 is 19.5 Å². The maximum absolute atomic E-state index is 9.89. The lowest BCUT2D eigenvalue weighted by Gasteiger charge is -2.17. The summed E-state index contributed by atoms with van der Waals surface area (Å²) in [5.41, 5.74) is 6.81. The summed E-state index contributed by atoms with van der Waals surface area (Å²) in [6.07, 6.45) is 0.849. The SMILES string of the molecule is CC/C(=C(\c1ccc(O)cc1)c1ccc(OCCN(C)C)cc1)c1ccc(OCc2ccccc2)cc1.Cl. The van der Waals surface area contributed by atoms with Crippen molar-refractivity contribution < 1.29 is 14.6 Å². The van der Waals surface area contributed by atoms with E-state index in [0.717, 1.165) is 52.3 Å². The summed E-state index contributed by atoms with van der Waals surface area (Å²) in [6.45, 7) is 4.23. The summed E-state index contributed by atoms with van der Waals surface area (Å²) in [5.74, 6) is 1.95. The van der Waals surface area contributed by atoms with Crippen LogP contribution >= 0.6 is 12.4 Å². The highest BCUT2D eigenvalue weighted by Crippen LogP contribution is 2.36. The number of nitrogens with zero attached hydrogens (tertiary/aromatic N) is 1. The molecule has 0 unspecified atom stereocenters. The number of likely N-dealkylation sites (N-methyl/N-ethyl adjacent to an activating group) is 1. The van der Waals surface area contributed by atoms with E-state index in [4.69, 9.17) is 9.47 Å². The van der Waals surface area contributed by atoms with Crippen LogP contribution in [0.1, 0.15) is 35.6 Å². The Morgan fingerprint density at radius 3 is 1.76 bits per heavy atom. The van der Waals surface area contributed by atoms with Crippen molar-refractivity contribution >= 4 is 23.6 Å². The number of hydrogen-bond acceptors (Lipinski definition) is 4. The van der Waals surface area contributed by atoms with Crippen molar-refractivity contribution in [1.29, 1.82) is 0 Å². The van der Waals surface area contributed by atoms with Crippen LogP contribution in [0.4, 0.5) is 0 Å². The zero-order valence-corrected chi connectivity index (χ0v) is 23.1. The largest absolute Gasteiger partial charge is 0.508 e. The number of halogens is 1. The van der Waals surface area contributed by atoms with E-state index >= 15 is 0 Å². The number of benzene rings is 4. The molecule has 0 spiro atoms. The summed E-state index contributed by atoms with van der Waals surface area (Å²) in [7, 11) is 4.07. The van der Waals surface area contributed by atoms with Crippen LogP contribution in [-0.2, 0) is 6.61 Å². The van der Waals surface area contributed by atoms with Gasteiger partial charge in [0.15, 0.2) is 0 Å². The molecule has 4 aromatic carbocycles. The van der Waals surface area contributed by atoms with Crippen LogP contribution in [0.5, 0.6) is 17.2 Å². The second-order valence-electron chi connectivity index (χ2n) is 9.23. The maximum Gasteiger partial charge on any atom is 0.119 e. The third-order valence-electron chi connectivity index (χ3n) is 6.21. The minimum Gasteiger partial charge on any atom is -0.508 e. The molecule has 4 rings (SSSR count). The van der Waals surface area contributed by atoms with Crippen molar-refractivity contribution in [3.63, 3.8) is 0 Å². The van der Waals surface area contributed by atoms with Gasteiger partial charge in [-0.1, -0.05) is 73.7 Å². The molecule has 0 atom stereocenters. The second kappa shape index (κ2) is 14.3. The molecular formula is C33H36ClNO3. The third kappa shape index (κ3) is 7.88. The number of allylic oxidation sites excluding steroid dienone is 1. The number of phenolic OH excluding ortho intramolecular Hbond substituents is 1. The van der Waals surface area contributed by atoms with Gasteiger partial charge in [-0.3, -0.25) is 0 Å². The first-order valence-electron chi connectivity index (χ1n) is 12.7. The molecule has 0 amide bonds. The summed E-state index contributed by atoms with van der Waals surface area (Å²) in [6, 6.07) is 34.2. The van der Waals surface area contributed by atoms with E-state index in [-0.39, 0.29) is 18.2 Å². The first-order chi connectivity index (χ1) is 18.0. The van der Waals surface area contributed by atoms with E-state index < -0.39 is 0 Å². The molecule has 4 aromatic rings. The van der Waals surface area contributed by atoms with E-state index in [1.54, 1.807) is 12.1 Å². The zero-order valence-electron chi connectivity index (χ0n) is 22.3. The Bertz CT molecular complexity index is 1280. The Morgan fingerprint density at radius 1 is 0.684 bits per heavy atom. The van der Waals surface area contributed by atoms with Crippen LogP contribution in [0.25, 0.3) is 11.1 Å². The first-order valence-corrected chi connectivity index (χ1v) is 12.7. The zero-order chi connectivity index (χ0) is 26.0. The maximum atomic E-state index is 9.89. The molecular weight excluding hydrogens is 494 g/mol. The van der Waals surface area contributed by atoms with Gasteiger partial charge in [-0.15, -0.1) is 12.4 Å². The molecule has 5 heteroatoms. The molecule has 0 saturated carbocycles. The van der Waals surface area contributed by atoms with Gasteiger partial charge in [-0.05, 0) is 90.3 Å². The van der Waals surface area contributed by atoms with E-state index in [1.807, 2.05) is 68.7 Å². The van der Waals surface area contributed by atoms with Crippen LogP contribution in [0.2, 0.25) is 0 Å². The normalized spacial score (nSPS) is 11.5. The van der Waals surface area contributed by atoms with E-state index in [2.05, 4.69) is 48.2 Å². The van der Waals surface area contributed by atoms with Gasteiger partial charge in [0.25, 0.3) is 0 Å². The van der Waals surface area contributed by atoms with Gasteiger partial charge >= 0.3 is 0 Å². The summed E-state index contributed by atoms with van der Waals surface area (Å²) in [5, 5.41) is 9.89. The molecule has 198 valence electrons. The van der Waals surface area contributed by atoms with Crippen molar-refractivity contribution in [3.8, 4) is 17.2 Å². The van der Waals surface area contributed by atoms with Gasteiger partial charge in [0, 0.05) is 6.54 Å². The van der Waals surface area contributed by atoms with Gasteiger partial charge in [-0.2, -0.15) is 0 Å². The molecule has 1 N–H and O–H groups in total. The molecule has 0 bridgehead atoms. The molecule has 0 aromatic heterocycles. The van der Waals surface area contributed by atoms with Gasteiger partial charge in [0.05, 0.1) is 0 Å². The van der Waals surface area contributed by atoms with Crippen molar-refractivity contribution in [2.75, 3.05) is 27.2 Å². The third-order valence-corrected chi connectivity index (χ3v) is 6.21. The lowest BCUT2D eigenvalue weighted by Crippen LogP contribution is -2.19. The molecule has 38 heavy (non-hydrogen) atoms. The van der Waals surface area contributed by atoms with E-state index in [1.165, 1.54) is 5.57 Å². The average molecular weight is 530 g/mol. The Labute approximate surface area is 232 Å². The van der Waals surface area contributed by atoms with Crippen molar-refractivity contribution in [3.05, 3.63) is 125 Å². The molecule has 0 saturated heterocycles. The minimum atomic E-state index is 0. The number of ether oxygens (including phenoxy) is 2. The number of phenols is 1. The lowest BCUT2D eigenvalue weighted by atomic mass is 9.88. The molecule has 0 fully saturated rings. The molecule has 0 aliphatic rings. The topological polar surface area (TPSA) is 41.9 Å². The Balaban J connectivity index is 0.00000400. The number of rotatable bonds is 11. The summed E-state index contributed by atoms with van der Waals surface area (Å²) in [4.78, 5) is 2.10. The first kappa shape index (κ1) is 28.8. The Hall–Kier alpha value is -3.73. The highest BCUT2D eigenvalue weighted by molar-refractivity contribution is 5.98. The van der Waals surface area contributed by atoms with Crippen LogP contribution in [-0.4, -0.2) is 37.3 Å². The van der Waals surface area contributed by atoms with Gasteiger partial charge in [0.1, 0.15) is 30.5 Å². The molecule has 0 radical (unpaired) electrons. The smallest absolute Gasteiger partial charge is 0.119 e. The van der Waals surface area contributed by atoms with Crippen LogP contribution in [0.3, 0.4) is 0 Å². The van der Waals surface area contributed by atoms with Gasteiger partial charge in [-0.25, -0.2) is 0 Å². The molecule has 0 aliphatic carbocycles. The van der Waals surface area contributed by atoms with E-state index in [9.17, 15) is 5.11 Å². The average Bonchev–Trinajstić information content (AvgIpc) is 2.92. The quantitative estimate of drug-likeness (QED) is 0.202. The lowest BCUT2D eigenvalue weighted by molar-refractivity contribution is 0.261. The Kier molecular flexibility index (Phi) is 10.8. The number of aromatic hydroxyl groups is 1. The fourth-order valence-electron chi connectivity index (χ4n) is 4.23. The minimum absolute atomic E-state index is 0. The highest BCUT2D eigenvalue weighted by Gasteiger charge is 2.14. The summed E-state index contributed by atoms with van der Waals surface area (Å²) >= 11 is 0. The van der Waals surface area contributed by atoms with Gasteiger partial charge in [0.2, 0.25) is 0 Å². The molecule has 0 heterocycles. The van der Waals surface area contributed by atoms with E-state index in [0.29, 0.717) is 13.2 Å². The monoisotopic (exact) mass is 529 g/mol. The predicted octanol–water partition coefficient (Wildman–Crippen LogP) is 7.70. The highest BCUT2D eigenvalue weighted by atomic mass is 35.5. The Morgan fingerprint density at radius 2 is 1.21 bits per heavy atom. The van der Waals surface area contributed by atoms with Crippen LogP contribution < -0.4 is 9.47 Å². The standard InChI is InChI=1S/C33H35NO3.ClH/c1-4-32(26-12-18-31(19-13-26)37-24-25-8-6-5-7-9-25)33(27-10-16-29(35)17-11-27)28-14-20-30(21-15-28)36-23-22-34(2)3;/h5-21,35H,4,22-24H2,1-3H3;1H/b33-32-;. The second-order valence-corrected chi connectivity index (χ2v) is 9.23. The fourth-order valence-corrected chi connectivity index (χ4v) is 4.23. The fraction of sp³-hybridized carbons (Fsp3) is 0.212. The van der Waals surface area contributed by atoms with Crippen LogP contribution in [0.15, 0.2) is 103 Å². The predicted molar refractivity (Wildman–Crippen MR) is 159 cm³/mol. The molecule has 0 aliphatic heterocycles. The van der Waals surface area contributed by atoms with Crippen LogP contribution in [0, 0.1) is 0 Å². The summed E-state index contributed by atoms with van der Waals surface area (Å²) < 4.78 is 11.9. The van der Waals surface area contributed by atoms with Crippen molar-refractivity contribution in [2.45, 2.75) is 20.0 Å².